The van der Waals surface area contributed by atoms with Gasteiger partial charge in [-0.15, -0.1) is 0 Å². The van der Waals surface area contributed by atoms with Crippen molar-refractivity contribution >= 4 is 11.7 Å². The van der Waals surface area contributed by atoms with Crippen LogP contribution >= 0.6 is 0 Å². The van der Waals surface area contributed by atoms with Crippen LogP contribution in [0.25, 0.3) is 0 Å². The van der Waals surface area contributed by atoms with E-state index in [-0.39, 0.29) is 12.1 Å². The number of benzene rings is 1. The Morgan fingerprint density at radius 3 is 3.09 bits per heavy atom. The summed E-state index contributed by atoms with van der Waals surface area (Å²) in [7, 11) is 1.60. The third-order valence-corrected chi connectivity index (χ3v) is 4.10. The van der Waals surface area contributed by atoms with E-state index in [9.17, 15) is 4.79 Å². The Morgan fingerprint density at radius 1 is 1.48 bits per heavy atom. The normalized spacial score (nSPS) is 17.3. The maximum Gasteiger partial charge on any atom is 0.322 e. The number of anilines is 1. The maximum absolute atomic E-state index is 12.6. The number of carbonyl (C=O) groups excluding carboxylic acids is 1. The average molecular weight is 315 g/mol. The molecule has 1 aromatic heterocycles. The second-order valence-corrected chi connectivity index (χ2v) is 5.59. The Balaban J connectivity index is 1.72. The molecule has 1 saturated heterocycles. The molecule has 1 unspecified atom stereocenters. The number of urea groups is 1. The molecule has 3 rings (SSSR count). The number of ether oxygens (including phenoxy) is 1. The summed E-state index contributed by atoms with van der Waals surface area (Å²) in [4.78, 5) is 14.4. The first-order chi connectivity index (χ1) is 11.2. The molecule has 1 aliphatic rings. The number of likely N-dealkylation sites (tertiary alicyclic amines) is 1. The zero-order chi connectivity index (χ0) is 16.2. The minimum absolute atomic E-state index is 0.0478. The number of aromatic nitrogens is 1. The van der Waals surface area contributed by atoms with Crippen LogP contribution in [0.5, 0.6) is 5.75 Å². The lowest BCUT2D eigenvalue weighted by Crippen LogP contribution is -2.34. The molecule has 0 spiro atoms. The summed E-state index contributed by atoms with van der Waals surface area (Å²) >= 11 is 0. The zero-order valence-corrected chi connectivity index (χ0v) is 13.4. The largest absolute Gasteiger partial charge is 0.497 e. The molecule has 2 heterocycles. The smallest absolute Gasteiger partial charge is 0.322 e. The number of hydrogen-bond acceptors (Lipinski definition) is 4. The standard InChI is InChI=1S/C17H21N3O3/c1-3-12-11-16(23-19-12)15-8-5-9-20(15)17(21)18-13-6-4-7-14(10-13)22-2/h4,6-7,10-11,15H,3,5,8-9H2,1-2H3,(H,18,21). The summed E-state index contributed by atoms with van der Waals surface area (Å²) in [6, 6.07) is 9.10. The number of nitrogens with one attached hydrogen (secondary N) is 1. The van der Waals surface area contributed by atoms with E-state index >= 15 is 0 Å². The van der Waals surface area contributed by atoms with E-state index < -0.39 is 0 Å². The third kappa shape index (κ3) is 3.31. The fourth-order valence-electron chi connectivity index (χ4n) is 2.85. The molecule has 1 atom stereocenters. The topological polar surface area (TPSA) is 67.6 Å². The van der Waals surface area contributed by atoms with Gasteiger partial charge in [-0.25, -0.2) is 4.79 Å². The molecule has 2 amide bonds. The minimum Gasteiger partial charge on any atom is -0.497 e. The summed E-state index contributed by atoms with van der Waals surface area (Å²) in [6.45, 7) is 2.74. The molecule has 122 valence electrons. The first-order valence-corrected chi connectivity index (χ1v) is 7.88. The third-order valence-electron chi connectivity index (χ3n) is 4.10. The quantitative estimate of drug-likeness (QED) is 0.936. The highest BCUT2D eigenvalue weighted by Gasteiger charge is 2.32. The van der Waals surface area contributed by atoms with E-state index in [1.54, 1.807) is 18.1 Å². The molecule has 1 N–H and O–H groups in total. The highest BCUT2D eigenvalue weighted by molar-refractivity contribution is 5.90. The Bertz CT molecular complexity index is 683. The predicted octanol–water partition coefficient (Wildman–Crippen LogP) is 3.61. The molecule has 2 aromatic rings. The first-order valence-electron chi connectivity index (χ1n) is 7.88. The van der Waals surface area contributed by atoms with Crippen molar-refractivity contribution in [3.8, 4) is 5.75 Å². The van der Waals surface area contributed by atoms with Crippen molar-refractivity contribution in [2.45, 2.75) is 32.2 Å². The van der Waals surface area contributed by atoms with Crippen LogP contribution < -0.4 is 10.1 Å². The van der Waals surface area contributed by atoms with E-state index in [2.05, 4.69) is 10.5 Å². The fourth-order valence-corrected chi connectivity index (χ4v) is 2.85. The molecule has 23 heavy (non-hydrogen) atoms. The number of aryl methyl sites for hydroxylation is 1. The monoisotopic (exact) mass is 315 g/mol. The van der Waals surface area contributed by atoms with Gasteiger partial charge in [-0.1, -0.05) is 18.1 Å². The van der Waals surface area contributed by atoms with Crippen molar-refractivity contribution in [3.63, 3.8) is 0 Å². The Hall–Kier alpha value is -2.50. The first kappa shape index (κ1) is 15.4. The van der Waals surface area contributed by atoms with Gasteiger partial charge in [-0.3, -0.25) is 0 Å². The number of amides is 2. The van der Waals surface area contributed by atoms with Gasteiger partial charge in [0.05, 0.1) is 18.8 Å². The average Bonchev–Trinajstić information content (AvgIpc) is 3.23. The lowest BCUT2D eigenvalue weighted by Gasteiger charge is -2.23. The number of carbonyl (C=O) groups is 1. The van der Waals surface area contributed by atoms with Crippen molar-refractivity contribution in [1.82, 2.24) is 10.1 Å². The SMILES string of the molecule is CCc1cc(C2CCCN2C(=O)Nc2cccc(OC)c2)on1. The van der Waals surface area contributed by atoms with Gasteiger partial charge in [-0.2, -0.15) is 0 Å². The van der Waals surface area contributed by atoms with Crippen LogP contribution in [0.2, 0.25) is 0 Å². The molecule has 0 radical (unpaired) electrons. The predicted molar refractivity (Wildman–Crippen MR) is 86.6 cm³/mol. The van der Waals surface area contributed by atoms with Gasteiger partial charge in [0.2, 0.25) is 0 Å². The van der Waals surface area contributed by atoms with Crippen LogP contribution in [-0.2, 0) is 6.42 Å². The molecule has 1 fully saturated rings. The van der Waals surface area contributed by atoms with Gasteiger partial charge in [0.1, 0.15) is 5.75 Å². The number of methoxy groups -OCH3 is 1. The number of hydrogen-bond donors (Lipinski definition) is 1. The van der Waals surface area contributed by atoms with Gasteiger partial charge in [0, 0.05) is 24.4 Å². The number of nitrogens with zero attached hydrogens (tertiary/aromatic N) is 2. The van der Waals surface area contributed by atoms with Crippen LogP contribution in [-0.4, -0.2) is 29.7 Å². The van der Waals surface area contributed by atoms with Crippen molar-refractivity contribution in [2.24, 2.45) is 0 Å². The summed E-state index contributed by atoms with van der Waals surface area (Å²) in [5.74, 6) is 1.48. The van der Waals surface area contributed by atoms with Crippen molar-refractivity contribution in [1.29, 1.82) is 0 Å². The van der Waals surface area contributed by atoms with Crippen LogP contribution in [0.15, 0.2) is 34.9 Å². The molecule has 0 aliphatic carbocycles. The summed E-state index contributed by atoms with van der Waals surface area (Å²) < 4.78 is 10.6. The van der Waals surface area contributed by atoms with Crippen molar-refractivity contribution < 1.29 is 14.1 Å². The second-order valence-electron chi connectivity index (χ2n) is 5.59. The second kappa shape index (κ2) is 6.73. The minimum atomic E-state index is -0.129. The van der Waals surface area contributed by atoms with Crippen molar-refractivity contribution in [2.75, 3.05) is 19.0 Å². The Kier molecular flexibility index (Phi) is 4.50. The Labute approximate surface area is 135 Å². The lowest BCUT2D eigenvalue weighted by molar-refractivity contribution is 0.195. The zero-order valence-electron chi connectivity index (χ0n) is 13.4. The van der Waals surface area contributed by atoms with E-state index in [1.807, 2.05) is 31.2 Å². The lowest BCUT2D eigenvalue weighted by atomic mass is 10.1. The molecular weight excluding hydrogens is 294 g/mol. The van der Waals surface area contributed by atoms with E-state index in [4.69, 9.17) is 9.26 Å². The van der Waals surface area contributed by atoms with Crippen LogP contribution in [0.4, 0.5) is 10.5 Å². The van der Waals surface area contributed by atoms with E-state index in [0.29, 0.717) is 18.0 Å². The van der Waals surface area contributed by atoms with Gasteiger partial charge in [-0.05, 0) is 31.4 Å². The van der Waals surface area contributed by atoms with Crippen LogP contribution in [0, 0.1) is 0 Å². The highest BCUT2D eigenvalue weighted by atomic mass is 16.5. The molecule has 0 bridgehead atoms. The Morgan fingerprint density at radius 2 is 2.35 bits per heavy atom. The van der Waals surface area contributed by atoms with Crippen molar-refractivity contribution in [3.05, 3.63) is 41.8 Å². The molecular formula is C17H21N3O3. The summed E-state index contributed by atoms with van der Waals surface area (Å²) in [5, 5.41) is 6.95. The summed E-state index contributed by atoms with van der Waals surface area (Å²) in [5.41, 5.74) is 1.63. The molecule has 1 aromatic carbocycles. The molecule has 6 nitrogen and oxygen atoms in total. The fraction of sp³-hybridized carbons (Fsp3) is 0.412. The molecule has 6 heteroatoms. The molecule has 1 aliphatic heterocycles. The van der Waals surface area contributed by atoms with Gasteiger partial charge >= 0.3 is 6.03 Å². The van der Waals surface area contributed by atoms with Gasteiger partial charge < -0.3 is 19.5 Å². The highest BCUT2D eigenvalue weighted by Crippen LogP contribution is 2.33. The van der Waals surface area contributed by atoms with E-state index in [1.165, 1.54) is 0 Å². The molecule has 0 saturated carbocycles. The maximum atomic E-state index is 12.6. The summed E-state index contributed by atoms with van der Waals surface area (Å²) in [6.07, 6.45) is 2.68. The van der Waals surface area contributed by atoms with Gasteiger partial charge in [0.15, 0.2) is 5.76 Å². The van der Waals surface area contributed by atoms with Gasteiger partial charge in [0.25, 0.3) is 0 Å². The van der Waals surface area contributed by atoms with Crippen LogP contribution in [0.1, 0.15) is 37.3 Å². The van der Waals surface area contributed by atoms with E-state index in [0.717, 1.165) is 30.7 Å². The van der Waals surface area contributed by atoms with Crippen LogP contribution in [0.3, 0.4) is 0 Å². The number of rotatable bonds is 4.